The van der Waals surface area contributed by atoms with Gasteiger partial charge in [-0.05, 0) is 30.9 Å². The summed E-state index contributed by atoms with van der Waals surface area (Å²) >= 11 is 0. The van der Waals surface area contributed by atoms with Crippen molar-refractivity contribution in [1.82, 2.24) is 19.8 Å². The first-order valence-electron chi connectivity index (χ1n) is 11.1. The lowest BCUT2D eigenvalue weighted by Crippen LogP contribution is -2.35. The fourth-order valence-electron chi connectivity index (χ4n) is 4.10. The molecule has 2 amide bonds. The number of aromatic nitrogens is 2. The van der Waals surface area contributed by atoms with Crippen molar-refractivity contribution in [3.63, 3.8) is 0 Å². The van der Waals surface area contributed by atoms with Gasteiger partial charge in [0.25, 0.3) is 10.0 Å². The SMILES string of the molecule is CC(C)[C@H](N=C1NS(=O)(=O)c2ccccc21)C(=O)Nc1cnn(CC(=O)NC2CCCC2)c1. The molecule has 33 heavy (non-hydrogen) atoms. The van der Waals surface area contributed by atoms with Gasteiger partial charge in [-0.3, -0.25) is 24.0 Å². The van der Waals surface area contributed by atoms with E-state index < -0.39 is 22.0 Å². The molecular formula is C22H28N6O4S. The predicted molar refractivity (Wildman–Crippen MR) is 123 cm³/mol. The van der Waals surface area contributed by atoms with E-state index in [0.717, 1.165) is 25.7 Å². The summed E-state index contributed by atoms with van der Waals surface area (Å²) in [7, 11) is -3.69. The third-order valence-electron chi connectivity index (χ3n) is 5.76. The molecule has 0 saturated heterocycles. The van der Waals surface area contributed by atoms with Gasteiger partial charge in [-0.1, -0.05) is 38.8 Å². The number of benzene rings is 1. The number of nitrogens with one attached hydrogen (secondary N) is 3. The molecule has 2 aliphatic rings. The van der Waals surface area contributed by atoms with E-state index in [1.807, 2.05) is 13.8 Å². The van der Waals surface area contributed by atoms with E-state index in [-0.39, 0.29) is 35.1 Å². The third kappa shape index (κ3) is 5.24. The minimum atomic E-state index is -3.69. The summed E-state index contributed by atoms with van der Waals surface area (Å²) in [6.45, 7) is 3.74. The number of amidine groups is 1. The monoisotopic (exact) mass is 472 g/mol. The molecule has 1 aliphatic heterocycles. The Morgan fingerprint density at radius 1 is 1.24 bits per heavy atom. The van der Waals surface area contributed by atoms with E-state index in [4.69, 9.17) is 0 Å². The van der Waals surface area contributed by atoms with Crippen LogP contribution in [-0.2, 0) is 26.2 Å². The second kappa shape index (κ2) is 9.34. The molecule has 1 aliphatic carbocycles. The van der Waals surface area contributed by atoms with Crippen molar-refractivity contribution in [3.8, 4) is 0 Å². The summed E-state index contributed by atoms with van der Waals surface area (Å²) in [6.07, 6.45) is 7.34. The van der Waals surface area contributed by atoms with Crippen molar-refractivity contribution >= 4 is 33.4 Å². The van der Waals surface area contributed by atoms with E-state index >= 15 is 0 Å². The van der Waals surface area contributed by atoms with Crippen molar-refractivity contribution in [2.75, 3.05) is 5.32 Å². The molecule has 4 rings (SSSR count). The van der Waals surface area contributed by atoms with Gasteiger partial charge in [0.05, 0.1) is 16.8 Å². The highest BCUT2D eigenvalue weighted by molar-refractivity contribution is 7.90. The van der Waals surface area contributed by atoms with Crippen LogP contribution in [0.25, 0.3) is 0 Å². The molecule has 1 saturated carbocycles. The van der Waals surface area contributed by atoms with E-state index in [2.05, 4.69) is 25.4 Å². The summed E-state index contributed by atoms with van der Waals surface area (Å²) in [5, 5.41) is 9.93. The number of rotatable bonds is 7. The standard InChI is InChI=1S/C22H28N6O4S/c1-14(2)20(26-21-17-9-5-6-10-18(17)33(31,32)27-21)22(30)25-16-11-23-28(12-16)13-19(29)24-15-7-3-4-8-15/h5-6,9-12,14-15,20H,3-4,7-8,13H2,1-2H3,(H,24,29)(H,25,30)(H,26,27)/t20-/m0/s1. The summed E-state index contributed by atoms with van der Waals surface area (Å²) in [5.74, 6) is -0.543. The number of carbonyl (C=O) groups is 2. The van der Waals surface area contributed by atoms with Crippen LogP contribution in [0.1, 0.15) is 45.1 Å². The molecule has 0 bridgehead atoms. The molecular weight excluding hydrogens is 444 g/mol. The van der Waals surface area contributed by atoms with E-state index in [0.29, 0.717) is 11.3 Å². The number of fused-ring (bicyclic) bond motifs is 1. The third-order valence-corrected chi connectivity index (χ3v) is 7.15. The molecule has 176 valence electrons. The first kappa shape index (κ1) is 23.0. The molecule has 10 nitrogen and oxygen atoms in total. The number of carbonyl (C=O) groups excluding carboxylic acids is 2. The summed E-state index contributed by atoms with van der Waals surface area (Å²) < 4.78 is 28.6. The highest BCUT2D eigenvalue weighted by atomic mass is 32.2. The molecule has 1 fully saturated rings. The number of anilines is 1. The van der Waals surface area contributed by atoms with Crippen LogP contribution >= 0.6 is 0 Å². The van der Waals surface area contributed by atoms with Crippen LogP contribution in [0.15, 0.2) is 46.5 Å². The molecule has 1 atom stereocenters. The van der Waals surface area contributed by atoms with Crippen LogP contribution < -0.4 is 15.4 Å². The van der Waals surface area contributed by atoms with Crippen molar-refractivity contribution in [1.29, 1.82) is 0 Å². The van der Waals surface area contributed by atoms with Gasteiger partial charge in [0, 0.05) is 17.8 Å². The van der Waals surface area contributed by atoms with Gasteiger partial charge in [0.15, 0.2) is 0 Å². The Morgan fingerprint density at radius 2 is 1.97 bits per heavy atom. The lowest BCUT2D eigenvalue weighted by Gasteiger charge is -2.16. The topological polar surface area (TPSA) is 135 Å². The van der Waals surface area contributed by atoms with Crippen molar-refractivity contribution in [3.05, 3.63) is 42.2 Å². The van der Waals surface area contributed by atoms with Crippen molar-refractivity contribution < 1.29 is 18.0 Å². The average Bonchev–Trinajstić information content (AvgIpc) is 3.47. The minimum Gasteiger partial charge on any atom is -0.352 e. The van der Waals surface area contributed by atoms with Gasteiger partial charge in [-0.2, -0.15) is 5.10 Å². The highest BCUT2D eigenvalue weighted by Gasteiger charge is 2.32. The maximum atomic E-state index is 13.0. The van der Waals surface area contributed by atoms with Crippen LogP contribution in [0.4, 0.5) is 5.69 Å². The summed E-state index contributed by atoms with van der Waals surface area (Å²) in [5.41, 5.74) is 0.879. The number of aliphatic imine (C=N–C) groups is 1. The Bertz CT molecular complexity index is 1180. The zero-order valence-electron chi connectivity index (χ0n) is 18.6. The molecule has 2 heterocycles. The molecule has 11 heteroatoms. The second-order valence-corrected chi connectivity index (χ2v) is 10.4. The lowest BCUT2D eigenvalue weighted by molar-refractivity contribution is -0.122. The first-order chi connectivity index (χ1) is 15.7. The average molecular weight is 473 g/mol. The Balaban J connectivity index is 1.44. The number of sulfonamides is 1. The molecule has 0 spiro atoms. The quantitative estimate of drug-likeness (QED) is 0.563. The van der Waals surface area contributed by atoms with E-state index in [1.165, 1.54) is 16.9 Å². The maximum absolute atomic E-state index is 13.0. The van der Waals surface area contributed by atoms with Crippen LogP contribution in [0, 0.1) is 5.92 Å². The van der Waals surface area contributed by atoms with Crippen molar-refractivity contribution in [2.24, 2.45) is 10.9 Å². The Hall–Kier alpha value is -3.21. The summed E-state index contributed by atoms with van der Waals surface area (Å²) in [4.78, 5) is 29.8. The molecule has 0 radical (unpaired) electrons. The Labute approximate surface area is 192 Å². The predicted octanol–water partition coefficient (Wildman–Crippen LogP) is 1.64. The van der Waals surface area contributed by atoms with Gasteiger partial charge in [-0.25, -0.2) is 8.42 Å². The van der Waals surface area contributed by atoms with Gasteiger partial charge in [-0.15, -0.1) is 0 Å². The smallest absolute Gasteiger partial charge is 0.263 e. The van der Waals surface area contributed by atoms with Crippen LogP contribution in [-0.4, -0.2) is 47.9 Å². The van der Waals surface area contributed by atoms with E-state index in [9.17, 15) is 18.0 Å². The minimum absolute atomic E-state index is 0.0703. The zero-order valence-corrected chi connectivity index (χ0v) is 19.4. The molecule has 3 N–H and O–H groups in total. The molecule has 1 aromatic heterocycles. The number of nitrogens with zero attached hydrogens (tertiary/aromatic N) is 3. The first-order valence-corrected chi connectivity index (χ1v) is 12.5. The van der Waals surface area contributed by atoms with Crippen LogP contribution in [0.5, 0.6) is 0 Å². The largest absolute Gasteiger partial charge is 0.352 e. The number of hydrogen-bond acceptors (Lipinski definition) is 6. The number of amides is 2. The number of hydrogen-bond donors (Lipinski definition) is 3. The maximum Gasteiger partial charge on any atom is 0.263 e. The van der Waals surface area contributed by atoms with E-state index in [1.54, 1.807) is 24.4 Å². The molecule has 1 aromatic carbocycles. The van der Waals surface area contributed by atoms with Crippen LogP contribution in [0.2, 0.25) is 0 Å². The van der Waals surface area contributed by atoms with Crippen LogP contribution in [0.3, 0.4) is 0 Å². The zero-order chi connectivity index (χ0) is 23.6. The summed E-state index contributed by atoms with van der Waals surface area (Å²) in [6, 6.07) is 5.92. The fraction of sp³-hybridized carbons (Fsp3) is 0.455. The Kier molecular flexibility index (Phi) is 6.50. The Morgan fingerprint density at radius 3 is 2.70 bits per heavy atom. The fourth-order valence-corrected chi connectivity index (χ4v) is 5.34. The molecule has 0 unspecified atom stereocenters. The van der Waals surface area contributed by atoms with Gasteiger partial charge < -0.3 is 10.6 Å². The lowest BCUT2D eigenvalue weighted by atomic mass is 10.0. The second-order valence-electron chi connectivity index (χ2n) is 8.73. The normalized spacial score (nSPS) is 19.3. The molecule has 2 aromatic rings. The van der Waals surface area contributed by atoms with Gasteiger partial charge >= 0.3 is 0 Å². The van der Waals surface area contributed by atoms with Gasteiger partial charge in [0.2, 0.25) is 11.8 Å². The van der Waals surface area contributed by atoms with Crippen molar-refractivity contribution in [2.45, 2.75) is 63.1 Å². The van der Waals surface area contributed by atoms with Gasteiger partial charge in [0.1, 0.15) is 18.4 Å². The highest BCUT2D eigenvalue weighted by Crippen LogP contribution is 2.24.